The largest absolute Gasteiger partial charge is 2.00 e. The molecule has 0 spiro atoms. The van der Waals surface area contributed by atoms with Gasteiger partial charge in [-0.15, -0.1) is 0 Å². The van der Waals surface area contributed by atoms with Gasteiger partial charge in [0.25, 0.3) is 5.92 Å². The fourth-order valence-electron chi connectivity index (χ4n) is 6.52. The predicted octanol–water partition coefficient (Wildman–Crippen LogP) is 8.14. The van der Waals surface area contributed by atoms with E-state index in [0.717, 1.165) is 54.4 Å². The second-order valence-electron chi connectivity index (χ2n) is 11.3. The van der Waals surface area contributed by atoms with Gasteiger partial charge >= 0.3 is 37.1 Å². The van der Waals surface area contributed by atoms with Crippen LogP contribution in [0.25, 0.3) is 44.8 Å². The SMILES string of the molecule is C=C([NH-])OC.COC([NH-])=O.O=[C-]PCc1ccc2c(c1)C(F)(F)c1cc(-c3ccc4nc([C@@H]5[C@H]6CC[C@H](C6)N5[C-]=O)[nH]c4c3)ccc1-2.[V+2].[V+2]. The van der Waals surface area contributed by atoms with Crippen molar-refractivity contribution in [1.82, 2.24) is 14.9 Å². The third-order valence-electron chi connectivity index (χ3n) is 8.67. The van der Waals surface area contributed by atoms with Gasteiger partial charge in [-0.25, -0.2) is 19.6 Å². The first kappa shape index (κ1) is 39.8. The van der Waals surface area contributed by atoms with Crippen molar-refractivity contribution >= 4 is 38.1 Å². The number of carbonyl (C=O) groups is 1. The number of aromatic amines is 1. The Morgan fingerprint density at radius 2 is 1.63 bits per heavy atom. The molecule has 1 saturated heterocycles. The minimum atomic E-state index is -3.12. The van der Waals surface area contributed by atoms with Crippen molar-refractivity contribution in [3.63, 3.8) is 0 Å². The fraction of sp³-hybridized carbons (Fsp3) is 0.294. The van der Waals surface area contributed by atoms with Gasteiger partial charge < -0.3 is 40.4 Å². The molecule has 1 saturated carbocycles. The molecular weight excluding hydrogens is 729 g/mol. The number of methoxy groups -OCH3 is 2. The zero-order valence-electron chi connectivity index (χ0n) is 26.5. The van der Waals surface area contributed by atoms with Gasteiger partial charge in [0.1, 0.15) is 5.82 Å². The second kappa shape index (κ2) is 16.8. The maximum atomic E-state index is 15.6. The first-order valence-electron chi connectivity index (χ1n) is 14.7. The number of alkyl halides is 2. The quantitative estimate of drug-likeness (QED) is 0.114. The minimum Gasteiger partial charge on any atom is -0.669 e. The maximum Gasteiger partial charge on any atom is 2.00 e. The van der Waals surface area contributed by atoms with Crippen molar-refractivity contribution in [2.75, 3.05) is 14.2 Å². The van der Waals surface area contributed by atoms with E-state index in [2.05, 4.69) is 27.4 Å². The summed E-state index contributed by atoms with van der Waals surface area (Å²) in [6, 6.07) is 18.0. The number of likely N-dealkylation sites (tertiary alicyclic amines) is 1. The predicted molar refractivity (Wildman–Crippen MR) is 176 cm³/mol. The zero-order valence-corrected chi connectivity index (χ0v) is 30.3. The molecule has 4 aromatic rings. The van der Waals surface area contributed by atoms with E-state index in [9.17, 15) is 14.4 Å². The Hall–Kier alpha value is -3.66. The van der Waals surface area contributed by atoms with Crippen LogP contribution in [0.3, 0.4) is 0 Å². The van der Waals surface area contributed by atoms with Crippen LogP contribution in [0.1, 0.15) is 47.8 Å². The number of piperidine rings is 1. The number of amides is 2. The van der Waals surface area contributed by atoms with Crippen LogP contribution >= 0.6 is 8.58 Å². The Balaban J connectivity index is 0.000000480. The number of nitrogens with one attached hydrogen (secondary N) is 3. The van der Waals surface area contributed by atoms with Crippen LogP contribution < -0.4 is 0 Å². The average molecular weight is 762 g/mol. The zero-order chi connectivity index (χ0) is 33.9. The monoisotopic (exact) mass is 761 g/mol. The Labute approximate surface area is 308 Å². The molecule has 252 valence electrons. The third kappa shape index (κ3) is 8.22. The molecule has 3 aliphatic rings. The second-order valence-corrected chi connectivity index (χ2v) is 12.2. The standard InChI is InChI=1S/C29H22F2N3O2P.C3H6NO.C2H5NO2.2V/c30-29(31)23-9-16(13-37-15-36)1-6-21(23)22-7-3-17(11-24(22)29)18-4-8-25-26(12-18)33-28(32-25)27-19-2-5-20(10-19)34(27)14-35;1-3(4)5-2;1-5-2(3)4;;/h1,3-4,6-9,11-12,19-20,27,37H,2,5,10,13H2,(H,32,33);4H,1H2,2H3;1H3,(H2,3,4);;/q-2;-1;;2*+2/p-1/t19-,20+,27-;;;;/m0..../s1. The molecule has 1 unspecified atom stereocenters. The molecule has 2 bridgehead atoms. The Kier molecular flexibility index (Phi) is 13.7. The minimum absolute atomic E-state index is 0. The molecule has 15 heteroatoms. The molecule has 2 fully saturated rings. The molecule has 2 heterocycles. The molecular formula is C34H32F2N5O5PV2. The summed E-state index contributed by atoms with van der Waals surface area (Å²) in [6.45, 7) is 3.12. The normalized spacial score (nSPS) is 18.9. The summed E-state index contributed by atoms with van der Waals surface area (Å²) >= 11 is 0. The van der Waals surface area contributed by atoms with Gasteiger partial charge in [0.15, 0.2) is 0 Å². The smallest absolute Gasteiger partial charge is 0.669 e. The first-order chi connectivity index (χ1) is 22.5. The molecule has 1 aliphatic heterocycles. The van der Waals surface area contributed by atoms with Gasteiger partial charge in [-0.1, -0.05) is 36.9 Å². The van der Waals surface area contributed by atoms with Gasteiger partial charge in [-0.2, -0.15) is 15.2 Å². The summed E-state index contributed by atoms with van der Waals surface area (Å²) < 4.78 is 39.1. The molecule has 3 N–H and O–H groups in total. The number of benzene rings is 3. The van der Waals surface area contributed by atoms with Crippen LogP contribution in [0, 0.1) is 5.92 Å². The van der Waals surface area contributed by atoms with E-state index in [1.165, 1.54) is 13.2 Å². The van der Waals surface area contributed by atoms with Gasteiger partial charge in [0.05, 0.1) is 31.3 Å². The average Bonchev–Trinajstić information content (AvgIpc) is 3.85. The van der Waals surface area contributed by atoms with Crippen LogP contribution in [0.2, 0.25) is 0 Å². The molecule has 1 aromatic heterocycles. The van der Waals surface area contributed by atoms with E-state index in [4.69, 9.17) is 16.5 Å². The van der Waals surface area contributed by atoms with E-state index < -0.39 is 12.0 Å². The summed E-state index contributed by atoms with van der Waals surface area (Å²) in [5.41, 5.74) is 17.2. The maximum absolute atomic E-state index is 15.6. The van der Waals surface area contributed by atoms with E-state index in [0.29, 0.717) is 28.8 Å². The number of hydrogen-bond donors (Lipinski definition) is 1. The molecule has 4 atom stereocenters. The number of aromatic nitrogens is 2. The molecule has 7 rings (SSSR count). The van der Waals surface area contributed by atoms with Crippen LogP contribution in [-0.4, -0.2) is 53.7 Å². The number of halogens is 2. The van der Waals surface area contributed by atoms with Crippen molar-refractivity contribution < 1.29 is 69.7 Å². The van der Waals surface area contributed by atoms with E-state index in [-0.39, 0.29) is 74.8 Å². The van der Waals surface area contributed by atoms with Gasteiger partial charge in [0, 0.05) is 23.1 Å². The van der Waals surface area contributed by atoms with Crippen molar-refractivity contribution in [3.8, 4) is 22.3 Å². The number of carbonyl (C=O) groups excluding carboxylic acids is 3. The number of H-pyrrole nitrogens is 1. The van der Waals surface area contributed by atoms with Crippen LogP contribution in [0.15, 0.2) is 67.1 Å². The summed E-state index contributed by atoms with van der Waals surface area (Å²) in [4.78, 5) is 41.4. The van der Waals surface area contributed by atoms with E-state index >= 15 is 8.78 Å². The number of imidazole rings is 1. The van der Waals surface area contributed by atoms with Crippen LogP contribution in [-0.2, 0) is 68.3 Å². The number of ether oxygens (including phenoxy) is 2. The fourth-order valence-corrected chi connectivity index (χ4v) is 7.01. The van der Waals surface area contributed by atoms with E-state index in [1.54, 1.807) is 23.1 Å². The molecule has 10 nitrogen and oxygen atoms in total. The Morgan fingerprint density at radius 1 is 1.02 bits per heavy atom. The number of rotatable bonds is 7. The number of nitrogens with zero attached hydrogens (tertiary/aromatic N) is 2. The molecule has 3 aromatic carbocycles. The topological polar surface area (TPSA) is 149 Å². The number of fused-ring (bicyclic) bond motifs is 6. The molecule has 2 aliphatic carbocycles. The Bertz CT molecular complexity index is 1830. The molecule has 2 radical (unpaired) electrons. The number of hydrogen-bond acceptors (Lipinski definition) is 6. The van der Waals surface area contributed by atoms with Gasteiger partial charge in [-0.3, -0.25) is 4.79 Å². The summed E-state index contributed by atoms with van der Waals surface area (Å²) in [5.74, 6) is -1.95. The van der Waals surface area contributed by atoms with Crippen molar-refractivity contribution in [1.29, 1.82) is 0 Å². The van der Waals surface area contributed by atoms with Crippen molar-refractivity contribution in [2.45, 2.75) is 43.4 Å². The third-order valence-corrected chi connectivity index (χ3v) is 9.40. The summed E-state index contributed by atoms with van der Waals surface area (Å²) in [5, 5.41) is 0. The Morgan fingerprint density at radius 3 is 2.24 bits per heavy atom. The molecule has 49 heavy (non-hydrogen) atoms. The van der Waals surface area contributed by atoms with Crippen molar-refractivity contribution in [3.05, 3.63) is 101 Å². The van der Waals surface area contributed by atoms with Crippen LogP contribution in [0.4, 0.5) is 13.6 Å². The molecule has 2 amide bonds. The first-order valence-corrected chi connectivity index (χ1v) is 15.9. The van der Waals surface area contributed by atoms with Gasteiger partial charge in [-0.05, 0) is 83.4 Å². The van der Waals surface area contributed by atoms with Crippen molar-refractivity contribution in [2.24, 2.45) is 5.92 Å². The van der Waals surface area contributed by atoms with E-state index in [1.807, 2.05) is 36.4 Å². The summed E-state index contributed by atoms with van der Waals surface area (Å²) in [6.07, 6.45) is 4.63. The van der Waals surface area contributed by atoms with Crippen LogP contribution in [0.5, 0.6) is 0 Å². The summed E-state index contributed by atoms with van der Waals surface area (Å²) in [7, 11) is 2.52. The van der Waals surface area contributed by atoms with Gasteiger partial charge in [0.2, 0.25) is 6.09 Å².